The van der Waals surface area contributed by atoms with Crippen LogP contribution in [0, 0.1) is 0 Å². The molecule has 1 unspecified atom stereocenters. The topological polar surface area (TPSA) is 125 Å². The van der Waals surface area contributed by atoms with Gasteiger partial charge < -0.3 is 24.9 Å². The van der Waals surface area contributed by atoms with Gasteiger partial charge in [0.15, 0.2) is 17.0 Å². The lowest BCUT2D eigenvalue weighted by Crippen LogP contribution is -2.09. The summed E-state index contributed by atoms with van der Waals surface area (Å²) in [4.78, 5) is 12.5. The summed E-state index contributed by atoms with van der Waals surface area (Å²) in [7, 11) is -0.375. The minimum absolute atomic E-state index is 0.0865. The number of nitrogen functional groups attached to an aromatic ring is 1. The molecule has 0 amide bonds. The van der Waals surface area contributed by atoms with Crippen LogP contribution in [0.2, 0.25) is 0 Å². The standard InChI is InChI=1S/C22H24N5O4P/c1-30-10-11-31-21-25-19(23)18-20(26-21)27(22(28)24-18)13-15-6-5-7-16(12-15)14-32(29)17-8-3-2-4-9-17/h2-9,12,32H,10-11,13-14H2,1H3,(H,24,28)(H2,23,25,26). The van der Waals surface area contributed by atoms with E-state index in [1.54, 1.807) is 7.11 Å². The highest BCUT2D eigenvalue weighted by Gasteiger charge is 2.17. The monoisotopic (exact) mass is 453 g/mol. The third kappa shape index (κ3) is 4.90. The predicted octanol–water partition coefficient (Wildman–Crippen LogP) is 2.57. The first-order valence-corrected chi connectivity index (χ1v) is 11.7. The number of hydrogen-bond acceptors (Lipinski definition) is 8. The Morgan fingerprint density at radius 3 is 2.59 bits per heavy atom. The number of methoxy groups -OCH3 is 1. The average molecular weight is 453 g/mol. The van der Waals surface area contributed by atoms with Gasteiger partial charge in [-0.3, -0.25) is 4.57 Å². The number of nitrogens with zero attached hydrogens (tertiary/aromatic N) is 4. The fourth-order valence-electron chi connectivity index (χ4n) is 3.35. The molecule has 10 heteroatoms. The predicted molar refractivity (Wildman–Crippen MR) is 123 cm³/mol. The molecule has 3 N–H and O–H groups in total. The number of anilines is 1. The van der Waals surface area contributed by atoms with Gasteiger partial charge in [-0.05, 0) is 11.1 Å². The van der Waals surface area contributed by atoms with Crippen molar-refractivity contribution >= 4 is 30.1 Å². The van der Waals surface area contributed by atoms with Crippen molar-refractivity contribution in [3.05, 3.63) is 65.7 Å². The van der Waals surface area contributed by atoms with E-state index in [4.69, 9.17) is 15.2 Å². The van der Waals surface area contributed by atoms with Crippen LogP contribution in [-0.4, -0.2) is 44.9 Å². The zero-order valence-electron chi connectivity index (χ0n) is 17.6. The summed E-state index contributed by atoms with van der Waals surface area (Å²) in [6, 6.07) is 17.1. The van der Waals surface area contributed by atoms with Gasteiger partial charge in [0.25, 0.3) is 6.01 Å². The van der Waals surface area contributed by atoms with E-state index in [1.165, 1.54) is 4.57 Å². The molecule has 0 aliphatic carbocycles. The summed E-state index contributed by atoms with van der Waals surface area (Å²) in [5.74, 6) is 0.117. The molecular formula is C22H24N5O4P. The second-order valence-electron chi connectivity index (χ2n) is 7.19. The number of aromatic hydroxyl groups is 1. The maximum Gasteiger partial charge on any atom is 0.320 e. The SMILES string of the molecule is COCCOc1nc(N)c2nc(O)n(Cc3cccc(C[PH](=O)c4ccccc4)c3)c2n1. The molecule has 0 radical (unpaired) electrons. The van der Waals surface area contributed by atoms with Crippen LogP contribution in [0.1, 0.15) is 11.1 Å². The van der Waals surface area contributed by atoms with Crippen LogP contribution >= 0.6 is 7.80 Å². The summed E-state index contributed by atoms with van der Waals surface area (Å²) in [6.07, 6.45) is 0.464. The summed E-state index contributed by atoms with van der Waals surface area (Å²) >= 11 is 0. The van der Waals surface area contributed by atoms with Crippen LogP contribution in [0.3, 0.4) is 0 Å². The largest absolute Gasteiger partial charge is 0.480 e. The third-order valence-electron chi connectivity index (χ3n) is 4.89. The zero-order valence-corrected chi connectivity index (χ0v) is 18.6. The molecule has 2 heterocycles. The minimum Gasteiger partial charge on any atom is -0.480 e. The highest BCUT2D eigenvalue weighted by atomic mass is 31.1. The first kappa shape index (κ1) is 21.8. The van der Waals surface area contributed by atoms with Crippen molar-refractivity contribution in [1.29, 1.82) is 0 Å². The van der Waals surface area contributed by atoms with Gasteiger partial charge in [-0.2, -0.15) is 15.0 Å². The van der Waals surface area contributed by atoms with Crippen LogP contribution in [-0.2, 0) is 22.0 Å². The summed E-state index contributed by atoms with van der Waals surface area (Å²) < 4.78 is 24.7. The first-order chi connectivity index (χ1) is 15.5. The average Bonchev–Trinajstić information content (AvgIpc) is 3.11. The molecule has 0 saturated heterocycles. The third-order valence-corrected chi connectivity index (χ3v) is 6.60. The fourth-order valence-corrected chi connectivity index (χ4v) is 4.71. The smallest absolute Gasteiger partial charge is 0.320 e. The van der Waals surface area contributed by atoms with Crippen molar-refractivity contribution < 1.29 is 19.1 Å². The maximum atomic E-state index is 12.7. The number of aromatic nitrogens is 4. The molecule has 32 heavy (non-hydrogen) atoms. The van der Waals surface area contributed by atoms with E-state index < -0.39 is 7.80 Å². The van der Waals surface area contributed by atoms with E-state index in [0.717, 1.165) is 16.4 Å². The van der Waals surface area contributed by atoms with Crippen molar-refractivity contribution in [2.45, 2.75) is 12.7 Å². The Labute approximate surface area is 185 Å². The van der Waals surface area contributed by atoms with Gasteiger partial charge in [0.2, 0.25) is 0 Å². The van der Waals surface area contributed by atoms with Crippen molar-refractivity contribution in [2.24, 2.45) is 0 Å². The van der Waals surface area contributed by atoms with E-state index in [1.807, 2.05) is 54.6 Å². The van der Waals surface area contributed by atoms with E-state index in [2.05, 4.69) is 15.0 Å². The fraction of sp³-hybridized carbons (Fsp3) is 0.227. The molecule has 0 saturated carbocycles. The van der Waals surface area contributed by atoms with E-state index in [9.17, 15) is 9.67 Å². The number of imidazole rings is 1. The highest BCUT2D eigenvalue weighted by molar-refractivity contribution is 7.52. The van der Waals surface area contributed by atoms with Crippen molar-refractivity contribution in [2.75, 3.05) is 26.1 Å². The van der Waals surface area contributed by atoms with Crippen LogP contribution < -0.4 is 15.8 Å². The van der Waals surface area contributed by atoms with Crippen LogP contribution in [0.4, 0.5) is 5.82 Å². The van der Waals surface area contributed by atoms with Crippen molar-refractivity contribution in [3.63, 3.8) is 0 Å². The molecule has 166 valence electrons. The molecule has 0 fully saturated rings. The molecule has 2 aromatic heterocycles. The molecule has 4 aromatic rings. The number of benzene rings is 2. The molecule has 4 rings (SSSR count). The second kappa shape index (κ2) is 9.80. The van der Waals surface area contributed by atoms with Gasteiger partial charge in [0, 0.05) is 18.6 Å². The van der Waals surface area contributed by atoms with E-state index in [0.29, 0.717) is 30.5 Å². The Bertz CT molecular complexity index is 1250. The Morgan fingerprint density at radius 2 is 1.81 bits per heavy atom. The molecule has 2 aromatic carbocycles. The number of rotatable bonds is 9. The van der Waals surface area contributed by atoms with E-state index in [-0.39, 0.29) is 24.4 Å². The Hall–Kier alpha value is -3.42. The molecular weight excluding hydrogens is 429 g/mol. The van der Waals surface area contributed by atoms with Gasteiger partial charge in [-0.15, -0.1) is 0 Å². The van der Waals surface area contributed by atoms with Gasteiger partial charge in [0.05, 0.1) is 13.2 Å². The Kier molecular flexibility index (Phi) is 6.68. The number of hydrogen-bond donors (Lipinski definition) is 2. The van der Waals surface area contributed by atoms with Crippen LogP contribution in [0.5, 0.6) is 12.0 Å². The summed E-state index contributed by atoms with van der Waals surface area (Å²) in [5, 5.41) is 11.3. The molecule has 0 aliphatic heterocycles. The number of ether oxygens (including phenoxy) is 2. The summed E-state index contributed by atoms with van der Waals surface area (Å²) in [5.41, 5.74) is 8.51. The van der Waals surface area contributed by atoms with Crippen LogP contribution in [0.25, 0.3) is 11.2 Å². The highest BCUT2D eigenvalue weighted by Crippen LogP contribution is 2.28. The lowest BCUT2D eigenvalue weighted by atomic mass is 10.1. The van der Waals surface area contributed by atoms with Crippen molar-refractivity contribution in [3.8, 4) is 12.0 Å². The quantitative estimate of drug-likeness (QED) is 0.293. The molecule has 1 atom stereocenters. The second-order valence-corrected chi connectivity index (χ2v) is 8.97. The lowest BCUT2D eigenvalue weighted by Gasteiger charge is -2.09. The van der Waals surface area contributed by atoms with Gasteiger partial charge in [-0.25, -0.2) is 0 Å². The first-order valence-electron chi connectivity index (χ1n) is 10.1. The minimum atomic E-state index is -1.94. The molecule has 9 nitrogen and oxygen atoms in total. The maximum absolute atomic E-state index is 12.7. The lowest BCUT2D eigenvalue weighted by molar-refractivity contribution is 0.141. The molecule has 0 bridgehead atoms. The number of fused-ring (bicyclic) bond motifs is 1. The van der Waals surface area contributed by atoms with Gasteiger partial charge >= 0.3 is 6.01 Å². The molecule has 0 aliphatic rings. The zero-order chi connectivity index (χ0) is 22.5. The van der Waals surface area contributed by atoms with Gasteiger partial charge in [0.1, 0.15) is 14.4 Å². The van der Waals surface area contributed by atoms with Crippen LogP contribution in [0.15, 0.2) is 54.6 Å². The number of nitrogens with two attached hydrogens (primary N) is 1. The summed E-state index contributed by atoms with van der Waals surface area (Å²) in [6.45, 7) is 0.950. The Morgan fingerprint density at radius 1 is 1.03 bits per heavy atom. The van der Waals surface area contributed by atoms with Crippen molar-refractivity contribution in [1.82, 2.24) is 19.5 Å². The molecule has 0 spiro atoms. The Balaban J connectivity index is 1.58. The normalized spacial score (nSPS) is 12.2. The van der Waals surface area contributed by atoms with Gasteiger partial charge in [-0.1, -0.05) is 54.6 Å². The van der Waals surface area contributed by atoms with E-state index >= 15 is 0 Å².